The van der Waals surface area contributed by atoms with Gasteiger partial charge in [0.2, 0.25) is 0 Å². The summed E-state index contributed by atoms with van der Waals surface area (Å²) in [5.41, 5.74) is 2.41. The van der Waals surface area contributed by atoms with Crippen LogP contribution in [0.2, 0.25) is 0 Å². The average Bonchev–Trinajstić information content (AvgIpc) is 2.16. The Kier molecular flexibility index (Phi) is 4.10. The van der Waals surface area contributed by atoms with Gasteiger partial charge in [-0.15, -0.1) is 6.58 Å². The van der Waals surface area contributed by atoms with E-state index >= 15 is 0 Å². The monoisotopic (exact) mass is 204 g/mol. The normalized spacial score (nSPS) is 9.73. The number of ether oxygens (including phenoxy) is 1. The molecule has 0 aromatic heterocycles. The molecule has 0 spiro atoms. The molecule has 0 bridgehead atoms. The zero-order valence-electron chi connectivity index (χ0n) is 9.25. The minimum atomic E-state index is -0.287. The van der Waals surface area contributed by atoms with Crippen molar-refractivity contribution in [2.24, 2.45) is 0 Å². The molecule has 0 unspecified atom stereocenters. The molecule has 0 atom stereocenters. The highest BCUT2D eigenvalue weighted by atomic mass is 16.5. The van der Waals surface area contributed by atoms with Gasteiger partial charge in [-0.05, 0) is 37.5 Å². The minimum absolute atomic E-state index is 0.287. The Labute approximate surface area is 90.6 Å². The summed E-state index contributed by atoms with van der Waals surface area (Å²) in [4.78, 5) is 10.7. The van der Waals surface area contributed by atoms with Crippen molar-refractivity contribution < 1.29 is 9.53 Å². The number of hydrogen-bond acceptors (Lipinski definition) is 2. The predicted octanol–water partition coefficient (Wildman–Crippen LogP) is 3.12. The largest absolute Gasteiger partial charge is 0.427 e. The number of aryl methyl sites for hydroxylation is 1. The SMILES string of the molecule is C=C(C)CCc1ccc(OC(C)=O)cc1. The van der Waals surface area contributed by atoms with Gasteiger partial charge in [0.15, 0.2) is 0 Å². The first-order valence-electron chi connectivity index (χ1n) is 4.99. The van der Waals surface area contributed by atoms with Crippen LogP contribution >= 0.6 is 0 Å². The second-order valence-electron chi connectivity index (χ2n) is 3.69. The van der Waals surface area contributed by atoms with Crippen molar-refractivity contribution in [2.75, 3.05) is 0 Å². The number of hydrogen-bond donors (Lipinski definition) is 0. The number of rotatable bonds is 4. The van der Waals surface area contributed by atoms with Crippen molar-refractivity contribution in [2.45, 2.75) is 26.7 Å². The molecule has 0 heterocycles. The quantitative estimate of drug-likeness (QED) is 0.428. The third-order valence-corrected chi connectivity index (χ3v) is 2.03. The van der Waals surface area contributed by atoms with E-state index in [1.54, 1.807) is 0 Å². The van der Waals surface area contributed by atoms with Gasteiger partial charge >= 0.3 is 5.97 Å². The van der Waals surface area contributed by atoms with Crippen molar-refractivity contribution in [3.63, 3.8) is 0 Å². The molecule has 1 aromatic carbocycles. The zero-order valence-corrected chi connectivity index (χ0v) is 9.25. The molecule has 1 rings (SSSR count). The minimum Gasteiger partial charge on any atom is -0.427 e. The zero-order chi connectivity index (χ0) is 11.3. The van der Waals surface area contributed by atoms with Crippen molar-refractivity contribution in [1.29, 1.82) is 0 Å². The van der Waals surface area contributed by atoms with Gasteiger partial charge in [0, 0.05) is 6.92 Å². The highest BCUT2D eigenvalue weighted by Gasteiger charge is 1.98. The smallest absolute Gasteiger partial charge is 0.308 e. The summed E-state index contributed by atoms with van der Waals surface area (Å²) in [5.74, 6) is 0.311. The van der Waals surface area contributed by atoms with Crippen LogP contribution in [0.4, 0.5) is 0 Å². The Morgan fingerprint density at radius 2 is 1.87 bits per heavy atom. The third kappa shape index (κ3) is 4.45. The number of benzene rings is 1. The molecule has 0 amide bonds. The highest BCUT2D eigenvalue weighted by molar-refractivity contribution is 5.69. The molecule has 0 saturated heterocycles. The lowest BCUT2D eigenvalue weighted by molar-refractivity contribution is -0.131. The lowest BCUT2D eigenvalue weighted by Crippen LogP contribution is -2.01. The van der Waals surface area contributed by atoms with Gasteiger partial charge in [-0.3, -0.25) is 4.79 Å². The Hall–Kier alpha value is -1.57. The Bertz CT molecular complexity index is 349. The molecule has 0 N–H and O–H groups in total. The average molecular weight is 204 g/mol. The molecule has 2 nitrogen and oxygen atoms in total. The Morgan fingerprint density at radius 1 is 1.27 bits per heavy atom. The first kappa shape index (κ1) is 11.5. The van der Waals surface area contributed by atoms with Gasteiger partial charge < -0.3 is 4.74 Å². The highest BCUT2D eigenvalue weighted by Crippen LogP contribution is 2.14. The summed E-state index contributed by atoms with van der Waals surface area (Å²) >= 11 is 0. The van der Waals surface area contributed by atoms with Crippen LogP contribution in [-0.2, 0) is 11.2 Å². The van der Waals surface area contributed by atoms with E-state index in [1.807, 2.05) is 31.2 Å². The summed E-state index contributed by atoms with van der Waals surface area (Å²) in [6.07, 6.45) is 1.97. The number of allylic oxidation sites excluding steroid dienone is 1. The molecule has 0 aliphatic heterocycles. The van der Waals surface area contributed by atoms with E-state index < -0.39 is 0 Å². The van der Waals surface area contributed by atoms with Crippen LogP contribution in [0.1, 0.15) is 25.8 Å². The number of carbonyl (C=O) groups excluding carboxylic acids is 1. The lowest BCUT2D eigenvalue weighted by Gasteiger charge is -2.03. The fourth-order valence-electron chi connectivity index (χ4n) is 1.25. The summed E-state index contributed by atoms with van der Waals surface area (Å²) in [7, 11) is 0. The van der Waals surface area contributed by atoms with Crippen molar-refractivity contribution in [3.8, 4) is 5.75 Å². The Morgan fingerprint density at radius 3 is 2.33 bits per heavy atom. The molecular formula is C13H16O2. The van der Waals surface area contributed by atoms with E-state index in [0.29, 0.717) is 5.75 Å². The van der Waals surface area contributed by atoms with E-state index in [2.05, 4.69) is 6.58 Å². The van der Waals surface area contributed by atoms with E-state index in [4.69, 9.17) is 4.74 Å². The van der Waals surface area contributed by atoms with Gasteiger partial charge in [-0.25, -0.2) is 0 Å². The topological polar surface area (TPSA) is 26.3 Å². The number of carbonyl (C=O) groups is 1. The molecule has 0 aliphatic rings. The van der Waals surface area contributed by atoms with E-state index in [0.717, 1.165) is 12.8 Å². The summed E-state index contributed by atoms with van der Waals surface area (Å²) in [6.45, 7) is 7.28. The molecule has 0 saturated carbocycles. The van der Waals surface area contributed by atoms with Crippen LogP contribution in [0.3, 0.4) is 0 Å². The third-order valence-electron chi connectivity index (χ3n) is 2.03. The van der Waals surface area contributed by atoms with Gasteiger partial charge in [-0.1, -0.05) is 17.7 Å². The summed E-state index contributed by atoms with van der Waals surface area (Å²) in [6, 6.07) is 7.58. The molecule has 15 heavy (non-hydrogen) atoms. The standard InChI is InChI=1S/C13H16O2/c1-10(2)4-5-12-6-8-13(9-7-12)15-11(3)14/h6-9H,1,4-5H2,2-3H3. The number of esters is 1. The van der Waals surface area contributed by atoms with E-state index in [1.165, 1.54) is 18.1 Å². The molecule has 0 aliphatic carbocycles. The maximum absolute atomic E-state index is 10.7. The van der Waals surface area contributed by atoms with Crippen LogP contribution in [0.5, 0.6) is 5.75 Å². The van der Waals surface area contributed by atoms with Crippen molar-refractivity contribution in [3.05, 3.63) is 42.0 Å². The maximum atomic E-state index is 10.7. The van der Waals surface area contributed by atoms with Gasteiger partial charge in [0.05, 0.1) is 0 Å². The van der Waals surface area contributed by atoms with Gasteiger partial charge in [-0.2, -0.15) is 0 Å². The molecule has 0 fully saturated rings. The van der Waals surface area contributed by atoms with Crippen LogP contribution in [0.15, 0.2) is 36.4 Å². The molecule has 2 heteroatoms. The summed E-state index contributed by atoms with van der Waals surface area (Å²) < 4.78 is 4.94. The molecular weight excluding hydrogens is 188 g/mol. The van der Waals surface area contributed by atoms with Gasteiger partial charge in [0.1, 0.15) is 5.75 Å². The van der Waals surface area contributed by atoms with Crippen LogP contribution in [0, 0.1) is 0 Å². The second kappa shape index (κ2) is 5.35. The maximum Gasteiger partial charge on any atom is 0.308 e. The van der Waals surface area contributed by atoms with Crippen LogP contribution in [-0.4, -0.2) is 5.97 Å². The van der Waals surface area contributed by atoms with Crippen LogP contribution in [0.25, 0.3) is 0 Å². The lowest BCUT2D eigenvalue weighted by atomic mass is 10.1. The predicted molar refractivity (Wildman–Crippen MR) is 60.9 cm³/mol. The Balaban J connectivity index is 2.56. The second-order valence-corrected chi connectivity index (χ2v) is 3.69. The first-order chi connectivity index (χ1) is 7.08. The van der Waals surface area contributed by atoms with Crippen LogP contribution < -0.4 is 4.74 Å². The molecule has 1 aromatic rings. The van der Waals surface area contributed by atoms with E-state index in [-0.39, 0.29) is 5.97 Å². The fourth-order valence-corrected chi connectivity index (χ4v) is 1.25. The molecule has 80 valence electrons. The van der Waals surface area contributed by atoms with Crippen molar-refractivity contribution in [1.82, 2.24) is 0 Å². The fraction of sp³-hybridized carbons (Fsp3) is 0.308. The first-order valence-corrected chi connectivity index (χ1v) is 4.99. The summed E-state index contributed by atoms with van der Waals surface area (Å²) in [5, 5.41) is 0. The molecule has 0 radical (unpaired) electrons. The van der Waals surface area contributed by atoms with E-state index in [9.17, 15) is 4.79 Å². The van der Waals surface area contributed by atoms with Gasteiger partial charge in [0.25, 0.3) is 0 Å². The van der Waals surface area contributed by atoms with Crippen molar-refractivity contribution >= 4 is 5.97 Å².